The predicted molar refractivity (Wildman–Crippen MR) is 46.6 cm³/mol. The van der Waals surface area contributed by atoms with Gasteiger partial charge < -0.3 is 10.0 Å². The van der Waals surface area contributed by atoms with E-state index < -0.39 is 0 Å². The normalized spacial score (nSPS) is 56.7. The molecule has 2 fully saturated rings. The van der Waals surface area contributed by atoms with Crippen LogP contribution >= 0.6 is 0 Å². The van der Waals surface area contributed by atoms with Crippen LogP contribution < -0.4 is 0 Å². The number of hydrogen-bond acceptors (Lipinski definition) is 2. The van der Waals surface area contributed by atoms with Crippen molar-refractivity contribution >= 4 is 0 Å². The van der Waals surface area contributed by atoms with Crippen LogP contribution in [0.25, 0.3) is 0 Å². The molecule has 1 aliphatic heterocycles. The van der Waals surface area contributed by atoms with Gasteiger partial charge in [-0.05, 0) is 18.9 Å². The van der Waals surface area contributed by atoms with Gasteiger partial charge >= 0.3 is 0 Å². The topological polar surface area (TPSA) is 23.5 Å². The Kier molecular flexibility index (Phi) is 1.25. The summed E-state index contributed by atoms with van der Waals surface area (Å²) in [6, 6.07) is 0. The van der Waals surface area contributed by atoms with E-state index in [0.29, 0.717) is 11.8 Å². The highest BCUT2D eigenvalue weighted by Crippen LogP contribution is 2.50. The third-order valence-corrected chi connectivity index (χ3v) is 3.93. The van der Waals surface area contributed by atoms with E-state index >= 15 is 0 Å². The fourth-order valence-electron chi connectivity index (χ4n) is 3.41. The third kappa shape index (κ3) is 0.679. The summed E-state index contributed by atoms with van der Waals surface area (Å²) in [6.45, 7) is 2.38. The molecule has 2 bridgehead atoms. The summed E-state index contributed by atoms with van der Waals surface area (Å²) in [6.07, 6.45) is 4.42. The van der Waals surface area contributed by atoms with Crippen LogP contribution in [0.1, 0.15) is 0 Å². The van der Waals surface area contributed by atoms with Crippen LogP contribution in [0.3, 0.4) is 0 Å². The summed E-state index contributed by atoms with van der Waals surface area (Å²) in [5.41, 5.74) is 0. The zero-order valence-electron chi connectivity index (χ0n) is 7.35. The molecule has 66 valence electrons. The first-order valence-electron chi connectivity index (χ1n) is 4.82. The lowest BCUT2D eigenvalue weighted by atomic mass is 9.86. The second-order valence-corrected chi connectivity index (χ2v) is 4.58. The Bertz CT molecular complexity index is 216. The Labute approximate surface area is 72.9 Å². The fourth-order valence-corrected chi connectivity index (χ4v) is 3.41. The van der Waals surface area contributed by atoms with Crippen molar-refractivity contribution in [1.82, 2.24) is 4.90 Å². The molecule has 0 amide bonds. The van der Waals surface area contributed by atoms with Gasteiger partial charge in [-0.2, -0.15) is 0 Å². The Morgan fingerprint density at radius 1 is 1.17 bits per heavy atom. The molecule has 1 saturated heterocycles. The monoisotopic (exact) mass is 165 g/mol. The number of aliphatic hydroxyl groups is 1. The molecule has 1 saturated carbocycles. The van der Waals surface area contributed by atoms with Crippen LogP contribution in [0.15, 0.2) is 12.2 Å². The lowest BCUT2D eigenvalue weighted by Crippen LogP contribution is -2.24. The minimum absolute atomic E-state index is 0.0475. The molecule has 0 radical (unpaired) electrons. The molecule has 4 atom stereocenters. The minimum Gasteiger partial charge on any atom is -0.392 e. The molecule has 4 unspecified atom stereocenters. The molecule has 0 aromatic rings. The van der Waals surface area contributed by atoms with Gasteiger partial charge in [0.25, 0.3) is 0 Å². The van der Waals surface area contributed by atoms with Crippen molar-refractivity contribution in [2.24, 2.45) is 23.7 Å². The van der Waals surface area contributed by atoms with Gasteiger partial charge in [0.2, 0.25) is 0 Å². The minimum atomic E-state index is -0.0475. The molecule has 2 aliphatic carbocycles. The smallest absolute Gasteiger partial charge is 0.0671 e. The van der Waals surface area contributed by atoms with Gasteiger partial charge in [-0.3, -0.25) is 0 Å². The van der Waals surface area contributed by atoms with Gasteiger partial charge in [-0.15, -0.1) is 0 Å². The molecule has 3 aliphatic rings. The largest absolute Gasteiger partial charge is 0.392 e. The molecular formula is C10H15NO. The predicted octanol–water partition coefficient (Wildman–Crippen LogP) is 0.341. The maximum absolute atomic E-state index is 9.84. The van der Waals surface area contributed by atoms with Crippen LogP contribution in [-0.2, 0) is 0 Å². The summed E-state index contributed by atoms with van der Waals surface area (Å²) in [5, 5.41) is 9.84. The van der Waals surface area contributed by atoms with Gasteiger partial charge in [0.05, 0.1) is 6.10 Å². The van der Waals surface area contributed by atoms with Gasteiger partial charge in [0.15, 0.2) is 0 Å². The first kappa shape index (κ1) is 7.10. The summed E-state index contributed by atoms with van der Waals surface area (Å²) in [5.74, 6) is 2.45. The van der Waals surface area contributed by atoms with Crippen molar-refractivity contribution in [3.8, 4) is 0 Å². The van der Waals surface area contributed by atoms with Crippen LogP contribution in [-0.4, -0.2) is 36.2 Å². The van der Waals surface area contributed by atoms with Crippen molar-refractivity contribution < 1.29 is 5.11 Å². The Morgan fingerprint density at radius 3 is 2.17 bits per heavy atom. The number of fused-ring (bicyclic) bond motifs is 5. The van der Waals surface area contributed by atoms with Gasteiger partial charge in [-0.25, -0.2) is 0 Å². The standard InChI is InChI=1S/C10H15NO/c1-11-4-8-6-2-3-7(10(6)12)9(8)5-11/h2-3,6-10,12H,4-5H2,1H3. The van der Waals surface area contributed by atoms with Crippen molar-refractivity contribution in [2.45, 2.75) is 6.10 Å². The number of aliphatic hydroxyl groups excluding tert-OH is 1. The highest BCUT2D eigenvalue weighted by atomic mass is 16.3. The summed E-state index contributed by atoms with van der Waals surface area (Å²) >= 11 is 0. The van der Waals surface area contributed by atoms with Gasteiger partial charge in [0.1, 0.15) is 0 Å². The lowest BCUT2D eigenvalue weighted by molar-refractivity contribution is 0.117. The number of rotatable bonds is 0. The Morgan fingerprint density at radius 2 is 1.67 bits per heavy atom. The molecule has 2 heteroatoms. The van der Waals surface area contributed by atoms with Crippen LogP contribution in [0.2, 0.25) is 0 Å². The molecule has 0 aromatic heterocycles. The first-order chi connectivity index (χ1) is 5.77. The molecule has 1 heterocycles. The number of nitrogens with zero attached hydrogens (tertiary/aromatic N) is 1. The van der Waals surface area contributed by atoms with E-state index in [9.17, 15) is 5.11 Å². The molecular weight excluding hydrogens is 150 g/mol. The van der Waals surface area contributed by atoms with Gasteiger partial charge in [0, 0.05) is 24.9 Å². The molecule has 12 heavy (non-hydrogen) atoms. The second kappa shape index (κ2) is 2.12. The summed E-state index contributed by atoms with van der Waals surface area (Å²) in [7, 11) is 2.18. The highest BCUT2D eigenvalue weighted by molar-refractivity contribution is 5.20. The lowest BCUT2D eigenvalue weighted by Gasteiger charge is -2.17. The third-order valence-electron chi connectivity index (χ3n) is 3.93. The number of hydrogen-bond donors (Lipinski definition) is 1. The van der Waals surface area contributed by atoms with Crippen LogP contribution in [0.4, 0.5) is 0 Å². The van der Waals surface area contributed by atoms with E-state index in [-0.39, 0.29) is 6.10 Å². The van der Waals surface area contributed by atoms with E-state index in [2.05, 4.69) is 24.1 Å². The zero-order chi connectivity index (χ0) is 8.29. The molecule has 1 N–H and O–H groups in total. The Hall–Kier alpha value is -0.340. The number of likely N-dealkylation sites (tertiary alicyclic amines) is 1. The van der Waals surface area contributed by atoms with Crippen molar-refractivity contribution in [3.63, 3.8) is 0 Å². The SMILES string of the molecule is CN1CC2C3C=CC(C3O)C2C1. The molecule has 2 nitrogen and oxygen atoms in total. The van der Waals surface area contributed by atoms with Crippen molar-refractivity contribution in [1.29, 1.82) is 0 Å². The van der Waals surface area contributed by atoms with Crippen molar-refractivity contribution in [2.75, 3.05) is 20.1 Å². The summed E-state index contributed by atoms with van der Waals surface area (Å²) < 4.78 is 0. The van der Waals surface area contributed by atoms with Crippen LogP contribution in [0, 0.1) is 23.7 Å². The average Bonchev–Trinajstić information content (AvgIpc) is 2.60. The van der Waals surface area contributed by atoms with Crippen LogP contribution in [0.5, 0.6) is 0 Å². The maximum Gasteiger partial charge on any atom is 0.0671 e. The second-order valence-electron chi connectivity index (χ2n) is 4.58. The average molecular weight is 165 g/mol. The molecule has 0 spiro atoms. The van der Waals surface area contributed by atoms with E-state index in [0.717, 1.165) is 11.8 Å². The maximum atomic E-state index is 9.84. The van der Waals surface area contributed by atoms with E-state index in [4.69, 9.17) is 0 Å². The Balaban J connectivity index is 1.93. The fraction of sp³-hybridized carbons (Fsp3) is 0.800. The van der Waals surface area contributed by atoms with E-state index in [1.54, 1.807) is 0 Å². The van der Waals surface area contributed by atoms with E-state index in [1.807, 2.05) is 0 Å². The summed E-state index contributed by atoms with van der Waals surface area (Å²) in [4.78, 5) is 2.40. The quantitative estimate of drug-likeness (QED) is 0.523. The van der Waals surface area contributed by atoms with E-state index in [1.165, 1.54) is 13.1 Å². The first-order valence-corrected chi connectivity index (χ1v) is 4.82. The molecule has 0 aromatic carbocycles. The zero-order valence-corrected chi connectivity index (χ0v) is 7.35. The molecule has 3 rings (SSSR count). The van der Waals surface area contributed by atoms with Gasteiger partial charge in [-0.1, -0.05) is 12.2 Å². The highest BCUT2D eigenvalue weighted by Gasteiger charge is 2.53. The van der Waals surface area contributed by atoms with Crippen molar-refractivity contribution in [3.05, 3.63) is 12.2 Å².